The summed E-state index contributed by atoms with van der Waals surface area (Å²) in [6.07, 6.45) is 0. The van der Waals surface area contributed by atoms with E-state index in [0.29, 0.717) is 0 Å². The molecule has 0 amide bonds. The van der Waals surface area contributed by atoms with Gasteiger partial charge in [0.05, 0.1) is 0 Å². The van der Waals surface area contributed by atoms with E-state index in [1.165, 1.54) is 0 Å². The molecule has 0 rings (SSSR count). The fourth-order valence-electron chi connectivity index (χ4n) is 0. The van der Waals surface area contributed by atoms with Gasteiger partial charge in [0.25, 0.3) is 0 Å². The van der Waals surface area contributed by atoms with E-state index in [1.807, 2.05) is 0 Å². The van der Waals surface area contributed by atoms with Crippen molar-refractivity contribution < 1.29 is 63.9 Å². The van der Waals surface area contributed by atoms with Crippen molar-refractivity contribution in [1.82, 2.24) is 0 Å². The van der Waals surface area contributed by atoms with Crippen LogP contribution < -0.4 is 63.9 Å². The molecule has 4 heteroatoms. The van der Waals surface area contributed by atoms with Crippen LogP contribution in [0.15, 0.2) is 0 Å². The van der Waals surface area contributed by atoms with Crippen molar-refractivity contribution in [3.05, 3.63) is 0 Å². The predicted octanol–water partition coefficient (Wildman–Crippen LogP) is -6.39. The molecule has 0 heterocycles. The van der Waals surface area contributed by atoms with Crippen LogP contribution in [-0.2, 0) is 0 Å². The van der Waals surface area contributed by atoms with Gasteiger partial charge < -0.3 is 13.8 Å². The summed E-state index contributed by atoms with van der Waals surface area (Å²) >= 11 is 0. The maximum absolute atomic E-state index is 9.63. The zero-order valence-corrected chi connectivity index (χ0v) is 9.91. The van der Waals surface area contributed by atoms with Crippen LogP contribution in [-0.4, -0.2) is 9.04 Å². The van der Waals surface area contributed by atoms with Gasteiger partial charge in [0.15, 0.2) is 0 Å². The van der Waals surface area contributed by atoms with E-state index < -0.39 is 9.04 Å². The molecule has 0 atom stereocenters. The normalized spacial score (nSPS) is 6.00. The van der Waals surface area contributed by atoms with Gasteiger partial charge in [-0.25, -0.2) is 13.1 Å². The summed E-state index contributed by atoms with van der Waals surface area (Å²) < 4.78 is 0. The monoisotopic (exact) mass is 120 g/mol. The summed E-state index contributed by atoms with van der Waals surface area (Å²) in [5.41, 5.74) is 0. The molecule has 0 bridgehead atoms. The Balaban J connectivity index is -0.0000000450. The SMILES string of the molecule is C[Si-](C)[O-].[Na+].[Na+]. The maximum Gasteiger partial charge on any atom is 1.00 e. The van der Waals surface area contributed by atoms with Crippen molar-refractivity contribution in [2.45, 2.75) is 13.1 Å². The summed E-state index contributed by atoms with van der Waals surface area (Å²) in [6.45, 7) is 3.43. The summed E-state index contributed by atoms with van der Waals surface area (Å²) in [7, 11) is -1.13. The summed E-state index contributed by atoms with van der Waals surface area (Å²) in [5.74, 6) is 0. The molecule has 0 N–H and O–H groups in total. The Kier molecular flexibility index (Phi) is 26.8. The van der Waals surface area contributed by atoms with E-state index in [-0.39, 0.29) is 59.1 Å². The molecule has 0 saturated carbocycles. The molecule has 0 radical (unpaired) electrons. The van der Waals surface area contributed by atoms with Gasteiger partial charge in [-0.15, -0.1) is 0 Å². The minimum atomic E-state index is -1.13. The molecule has 1 nitrogen and oxygen atoms in total. The predicted molar refractivity (Wildman–Crippen MR) is 17.5 cm³/mol. The number of hydrogen-bond donors (Lipinski definition) is 0. The first-order chi connectivity index (χ1) is 1.73. The summed E-state index contributed by atoms with van der Waals surface area (Å²) in [6, 6.07) is 0. The molecular weight excluding hydrogens is 114 g/mol. The molecule has 26 valence electrons. The van der Waals surface area contributed by atoms with Crippen LogP contribution in [0.4, 0.5) is 0 Å². The van der Waals surface area contributed by atoms with E-state index in [9.17, 15) is 4.80 Å². The van der Waals surface area contributed by atoms with E-state index in [2.05, 4.69) is 0 Å². The zero-order chi connectivity index (χ0) is 3.58. The standard InChI is InChI=1S/C2H6OSi.2Na/c1-4(2)3;;/h1-2H3;;/q-2;2*+1. The van der Waals surface area contributed by atoms with Crippen molar-refractivity contribution in [2.24, 2.45) is 0 Å². The molecule has 0 spiro atoms. The molecule has 0 aromatic carbocycles. The van der Waals surface area contributed by atoms with Gasteiger partial charge in [-0.3, -0.25) is 0 Å². The first kappa shape index (κ1) is 15.7. The van der Waals surface area contributed by atoms with Crippen LogP contribution >= 0.6 is 0 Å². The van der Waals surface area contributed by atoms with Crippen LogP contribution in [0.3, 0.4) is 0 Å². The molecule has 0 unspecified atom stereocenters. The third-order valence-corrected chi connectivity index (χ3v) is 0. The quantitative estimate of drug-likeness (QED) is 0.292. The summed E-state index contributed by atoms with van der Waals surface area (Å²) in [5, 5.41) is 0. The van der Waals surface area contributed by atoms with Crippen LogP contribution in [0.1, 0.15) is 0 Å². The zero-order valence-electron chi connectivity index (χ0n) is 4.91. The van der Waals surface area contributed by atoms with Gasteiger partial charge in [-0.2, -0.15) is 0 Å². The molecule has 0 aromatic heterocycles. The Morgan fingerprint density at radius 3 is 1.17 bits per heavy atom. The fraction of sp³-hybridized carbons (Fsp3) is 1.00. The molecule has 6 heavy (non-hydrogen) atoms. The van der Waals surface area contributed by atoms with Crippen molar-refractivity contribution >= 4 is 9.04 Å². The van der Waals surface area contributed by atoms with Crippen LogP contribution in [0.5, 0.6) is 0 Å². The Bertz CT molecular complexity index is 16.3. The Hall–Kier alpha value is 2.18. The number of hydrogen-bond acceptors (Lipinski definition) is 1. The minimum absolute atomic E-state index is 0. The number of rotatable bonds is 0. The second-order valence-electron chi connectivity index (χ2n) is 0.908. The van der Waals surface area contributed by atoms with Gasteiger partial charge in [0.1, 0.15) is 0 Å². The topological polar surface area (TPSA) is 23.1 Å². The first-order valence-corrected chi connectivity index (χ1v) is 3.61. The van der Waals surface area contributed by atoms with E-state index in [4.69, 9.17) is 0 Å². The molecule has 0 aliphatic rings. The van der Waals surface area contributed by atoms with E-state index >= 15 is 0 Å². The van der Waals surface area contributed by atoms with Gasteiger partial charge in [-0.05, 0) is 0 Å². The minimum Gasteiger partial charge on any atom is -1.01 e. The largest absolute Gasteiger partial charge is 1.01 e. The fourth-order valence-corrected chi connectivity index (χ4v) is 0. The molecule has 0 aliphatic heterocycles. The Morgan fingerprint density at radius 1 is 1.17 bits per heavy atom. The second-order valence-corrected chi connectivity index (χ2v) is 2.72. The van der Waals surface area contributed by atoms with Gasteiger partial charge in [-0.1, -0.05) is 0 Å². The third kappa shape index (κ3) is 34.9. The van der Waals surface area contributed by atoms with Crippen LogP contribution in [0.25, 0.3) is 0 Å². The average molecular weight is 120 g/mol. The maximum atomic E-state index is 9.63. The van der Waals surface area contributed by atoms with E-state index in [1.54, 1.807) is 13.1 Å². The van der Waals surface area contributed by atoms with Crippen molar-refractivity contribution in [1.29, 1.82) is 0 Å². The van der Waals surface area contributed by atoms with Crippen molar-refractivity contribution in [3.8, 4) is 0 Å². The van der Waals surface area contributed by atoms with Gasteiger partial charge in [0.2, 0.25) is 0 Å². The smallest absolute Gasteiger partial charge is 1.00 e. The van der Waals surface area contributed by atoms with Gasteiger partial charge in [0, 0.05) is 0 Å². The van der Waals surface area contributed by atoms with Crippen molar-refractivity contribution in [2.75, 3.05) is 0 Å². The first-order valence-electron chi connectivity index (χ1n) is 1.20. The molecular formula is C2H6Na2OSi. The Labute approximate surface area is 84.8 Å². The average Bonchev–Trinajstić information content (AvgIpc) is 0.811. The molecule has 0 aromatic rings. The molecule has 0 saturated heterocycles. The van der Waals surface area contributed by atoms with Crippen LogP contribution in [0.2, 0.25) is 13.1 Å². The third-order valence-electron chi connectivity index (χ3n) is 0. The van der Waals surface area contributed by atoms with Crippen molar-refractivity contribution in [3.63, 3.8) is 0 Å². The Morgan fingerprint density at radius 2 is 1.17 bits per heavy atom. The van der Waals surface area contributed by atoms with Gasteiger partial charge >= 0.3 is 59.1 Å². The van der Waals surface area contributed by atoms with Crippen LogP contribution in [0, 0.1) is 0 Å². The summed E-state index contributed by atoms with van der Waals surface area (Å²) in [4.78, 5) is 9.63. The molecule has 0 fully saturated rings. The second kappa shape index (κ2) is 10.2. The van der Waals surface area contributed by atoms with E-state index in [0.717, 1.165) is 0 Å². The molecule has 0 aliphatic carbocycles.